The molecule has 1 fully saturated rings. The Morgan fingerprint density at radius 1 is 1.05 bits per heavy atom. The van der Waals surface area contributed by atoms with Gasteiger partial charge >= 0.3 is 7.62 Å². The van der Waals surface area contributed by atoms with Crippen LogP contribution in [0, 0.1) is 0 Å². The molecule has 0 aliphatic carbocycles. The molecule has 3 rings (SSSR count). The first kappa shape index (κ1) is 14.7. The van der Waals surface area contributed by atoms with Gasteiger partial charge < -0.3 is 9.88 Å². The van der Waals surface area contributed by atoms with Gasteiger partial charge in [-0.2, -0.15) is 11.8 Å². The SMILES string of the molecule is CSCCC1NBOC1(c1ccccc1)c1ccccc1. The second kappa shape index (κ2) is 6.69. The van der Waals surface area contributed by atoms with Crippen molar-refractivity contribution >= 4 is 19.4 Å². The highest BCUT2D eigenvalue weighted by Crippen LogP contribution is 2.40. The molecule has 1 aliphatic rings. The highest BCUT2D eigenvalue weighted by atomic mass is 32.2. The third-order valence-electron chi connectivity index (χ3n) is 4.14. The normalized spacial score (nSPS) is 20.1. The Kier molecular flexibility index (Phi) is 4.68. The van der Waals surface area contributed by atoms with E-state index in [1.165, 1.54) is 11.1 Å². The molecule has 1 unspecified atom stereocenters. The van der Waals surface area contributed by atoms with Crippen LogP contribution in [0.3, 0.4) is 0 Å². The summed E-state index contributed by atoms with van der Waals surface area (Å²) in [4.78, 5) is 0. The van der Waals surface area contributed by atoms with Gasteiger partial charge in [0.05, 0.1) is 0 Å². The van der Waals surface area contributed by atoms with E-state index in [2.05, 4.69) is 72.1 Å². The standard InChI is InChI=1S/C17H20BNOS/c1-21-13-12-16-17(20-18-19-16,14-8-4-2-5-9-14)15-10-6-3-7-11-15/h2-11,16,18-19H,12-13H2,1H3. The molecule has 0 radical (unpaired) electrons. The summed E-state index contributed by atoms with van der Waals surface area (Å²) in [6, 6.07) is 21.5. The lowest BCUT2D eigenvalue weighted by Gasteiger charge is -2.36. The Bertz CT molecular complexity index is 524. The fourth-order valence-electron chi connectivity index (χ4n) is 3.15. The molecule has 1 N–H and O–H groups in total. The highest BCUT2D eigenvalue weighted by Gasteiger charge is 2.46. The zero-order valence-electron chi connectivity index (χ0n) is 12.3. The fraction of sp³-hybridized carbons (Fsp3) is 0.294. The predicted molar refractivity (Wildman–Crippen MR) is 91.8 cm³/mol. The number of hydrogen-bond acceptors (Lipinski definition) is 3. The van der Waals surface area contributed by atoms with E-state index in [0.717, 1.165) is 12.2 Å². The monoisotopic (exact) mass is 297 g/mol. The summed E-state index contributed by atoms with van der Waals surface area (Å²) in [6.45, 7) is 0. The molecule has 1 atom stereocenters. The third kappa shape index (κ3) is 2.76. The Morgan fingerprint density at radius 2 is 1.62 bits per heavy atom. The van der Waals surface area contributed by atoms with Crippen LogP contribution in [0.2, 0.25) is 0 Å². The van der Waals surface area contributed by atoms with Crippen LogP contribution in [0.1, 0.15) is 17.5 Å². The molecular weight excluding hydrogens is 277 g/mol. The van der Waals surface area contributed by atoms with Gasteiger partial charge in [0.1, 0.15) is 5.60 Å². The van der Waals surface area contributed by atoms with Crippen molar-refractivity contribution in [3.63, 3.8) is 0 Å². The lowest BCUT2D eigenvalue weighted by molar-refractivity contribution is 0.117. The summed E-state index contributed by atoms with van der Waals surface area (Å²) in [6.07, 6.45) is 3.24. The van der Waals surface area contributed by atoms with Crippen molar-refractivity contribution in [3.05, 3.63) is 71.8 Å². The van der Waals surface area contributed by atoms with Crippen molar-refractivity contribution in [1.29, 1.82) is 0 Å². The van der Waals surface area contributed by atoms with Crippen LogP contribution in [0.5, 0.6) is 0 Å². The van der Waals surface area contributed by atoms with Crippen molar-refractivity contribution in [3.8, 4) is 0 Å². The molecule has 0 amide bonds. The summed E-state index contributed by atoms with van der Waals surface area (Å²) in [7, 11) is 0.600. The lowest BCUT2D eigenvalue weighted by Crippen LogP contribution is -2.42. The molecular formula is C17H20BNOS. The summed E-state index contributed by atoms with van der Waals surface area (Å²) in [5.41, 5.74) is 2.08. The van der Waals surface area contributed by atoms with E-state index in [-0.39, 0.29) is 5.60 Å². The Balaban J connectivity index is 2.07. The van der Waals surface area contributed by atoms with Crippen LogP contribution in [-0.4, -0.2) is 25.7 Å². The zero-order valence-corrected chi connectivity index (χ0v) is 13.1. The van der Waals surface area contributed by atoms with Gasteiger partial charge in [0.15, 0.2) is 0 Å². The van der Waals surface area contributed by atoms with Crippen molar-refractivity contribution in [2.24, 2.45) is 0 Å². The first-order valence-corrected chi connectivity index (χ1v) is 8.74. The van der Waals surface area contributed by atoms with E-state index in [4.69, 9.17) is 4.65 Å². The fourth-order valence-corrected chi connectivity index (χ4v) is 3.62. The average Bonchev–Trinajstić information content (AvgIpc) is 2.99. The summed E-state index contributed by atoms with van der Waals surface area (Å²) >= 11 is 1.88. The van der Waals surface area contributed by atoms with Crippen molar-refractivity contribution < 1.29 is 4.65 Å². The van der Waals surface area contributed by atoms with E-state index in [0.29, 0.717) is 13.7 Å². The Hall–Kier alpha value is -1.23. The van der Waals surface area contributed by atoms with Gasteiger partial charge in [-0.25, -0.2) is 0 Å². The molecule has 2 nitrogen and oxygen atoms in total. The van der Waals surface area contributed by atoms with Crippen LogP contribution >= 0.6 is 11.8 Å². The molecule has 0 bridgehead atoms. The average molecular weight is 297 g/mol. The molecule has 21 heavy (non-hydrogen) atoms. The Morgan fingerprint density at radius 3 is 2.14 bits per heavy atom. The minimum Gasteiger partial charge on any atom is -0.409 e. The lowest BCUT2D eigenvalue weighted by atomic mass is 9.79. The van der Waals surface area contributed by atoms with Gasteiger partial charge in [-0.3, -0.25) is 0 Å². The molecule has 1 saturated heterocycles. The summed E-state index contributed by atoms with van der Waals surface area (Å²) < 4.78 is 6.30. The molecule has 4 heteroatoms. The summed E-state index contributed by atoms with van der Waals surface area (Å²) in [5, 5.41) is 3.54. The molecule has 2 aromatic carbocycles. The van der Waals surface area contributed by atoms with Crippen LogP contribution in [0.25, 0.3) is 0 Å². The van der Waals surface area contributed by atoms with E-state index in [1.807, 2.05) is 11.8 Å². The van der Waals surface area contributed by atoms with E-state index < -0.39 is 0 Å². The van der Waals surface area contributed by atoms with Gasteiger partial charge in [-0.15, -0.1) is 0 Å². The number of benzene rings is 2. The number of thioether (sulfide) groups is 1. The van der Waals surface area contributed by atoms with Gasteiger partial charge in [0, 0.05) is 6.04 Å². The number of hydrogen-bond donors (Lipinski definition) is 1. The molecule has 0 aromatic heterocycles. The van der Waals surface area contributed by atoms with Crippen molar-refractivity contribution in [2.75, 3.05) is 12.0 Å². The maximum Gasteiger partial charge on any atom is 0.362 e. The van der Waals surface area contributed by atoms with Gasteiger partial charge in [-0.1, -0.05) is 60.7 Å². The van der Waals surface area contributed by atoms with Crippen molar-refractivity contribution in [1.82, 2.24) is 5.23 Å². The van der Waals surface area contributed by atoms with Gasteiger partial charge in [0.2, 0.25) is 0 Å². The largest absolute Gasteiger partial charge is 0.409 e. The number of rotatable bonds is 5. The van der Waals surface area contributed by atoms with Crippen molar-refractivity contribution in [2.45, 2.75) is 18.1 Å². The van der Waals surface area contributed by atoms with E-state index in [9.17, 15) is 0 Å². The van der Waals surface area contributed by atoms with E-state index >= 15 is 0 Å². The predicted octanol–water partition coefficient (Wildman–Crippen LogP) is 2.94. The third-order valence-corrected chi connectivity index (χ3v) is 4.78. The van der Waals surface area contributed by atoms with E-state index in [1.54, 1.807) is 0 Å². The topological polar surface area (TPSA) is 21.3 Å². The molecule has 1 aliphatic heterocycles. The van der Waals surface area contributed by atoms with Crippen LogP contribution in [0.4, 0.5) is 0 Å². The molecule has 0 saturated carbocycles. The van der Waals surface area contributed by atoms with Crippen LogP contribution in [0.15, 0.2) is 60.7 Å². The first-order chi connectivity index (χ1) is 10.4. The van der Waals surface area contributed by atoms with Crippen LogP contribution < -0.4 is 5.23 Å². The number of nitrogens with one attached hydrogen (secondary N) is 1. The van der Waals surface area contributed by atoms with Gasteiger partial charge in [-0.05, 0) is 29.6 Å². The highest BCUT2D eigenvalue weighted by molar-refractivity contribution is 7.98. The van der Waals surface area contributed by atoms with Gasteiger partial charge in [0.25, 0.3) is 0 Å². The molecule has 0 spiro atoms. The quantitative estimate of drug-likeness (QED) is 0.857. The smallest absolute Gasteiger partial charge is 0.362 e. The first-order valence-electron chi connectivity index (χ1n) is 7.35. The minimum atomic E-state index is -0.377. The maximum atomic E-state index is 6.30. The minimum absolute atomic E-state index is 0.301. The Labute approximate surface area is 131 Å². The molecule has 1 heterocycles. The molecule has 2 aromatic rings. The summed E-state index contributed by atoms with van der Waals surface area (Å²) in [5.74, 6) is 1.13. The second-order valence-corrected chi connectivity index (χ2v) is 6.28. The van der Waals surface area contributed by atoms with Crippen LogP contribution in [-0.2, 0) is 10.3 Å². The molecule has 108 valence electrons. The maximum absolute atomic E-state index is 6.30. The zero-order chi connectivity index (χ0) is 14.5. The second-order valence-electron chi connectivity index (χ2n) is 5.29.